The van der Waals surface area contributed by atoms with E-state index in [1.54, 1.807) is 5.92 Å². The Labute approximate surface area is 49.2 Å². The van der Waals surface area contributed by atoms with Gasteiger partial charge in [0.25, 0.3) is 0 Å². The Morgan fingerprint density at radius 3 is 3.38 bits per heavy atom. The molecule has 2 aliphatic rings. The smallest absolute Gasteiger partial charge is 0.0706 e. The van der Waals surface area contributed by atoms with Gasteiger partial charge in [0, 0.05) is 19.0 Å². The normalized spacial score (nSPS) is 38.2. The SMILES string of the molecule is C1NCC2C[C]1CO2. The fraction of sp³-hybridized carbons (Fsp3) is 0.833. The minimum absolute atomic E-state index is 0.513. The molecule has 2 heterocycles. The van der Waals surface area contributed by atoms with Gasteiger partial charge in [0.1, 0.15) is 0 Å². The lowest BCUT2D eigenvalue weighted by atomic mass is 10.0. The van der Waals surface area contributed by atoms with Crippen LogP contribution in [0.5, 0.6) is 0 Å². The largest absolute Gasteiger partial charge is 0.376 e. The van der Waals surface area contributed by atoms with Crippen LogP contribution in [0.3, 0.4) is 0 Å². The first-order valence-corrected chi connectivity index (χ1v) is 3.11. The van der Waals surface area contributed by atoms with E-state index in [1.807, 2.05) is 0 Å². The summed E-state index contributed by atoms with van der Waals surface area (Å²) in [6.07, 6.45) is 1.73. The minimum Gasteiger partial charge on any atom is -0.376 e. The molecule has 0 aromatic rings. The summed E-state index contributed by atoms with van der Waals surface area (Å²) >= 11 is 0. The summed E-state index contributed by atoms with van der Waals surface area (Å²) in [7, 11) is 0. The summed E-state index contributed by atoms with van der Waals surface area (Å²) in [5, 5.41) is 3.28. The molecule has 2 fully saturated rings. The first kappa shape index (κ1) is 4.77. The zero-order valence-electron chi connectivity index (χ0n) is 4.81. The fourth-order valence-electron chi connectivity index (χ4n) is 1.34. The van der Waals surface area contributed by atoms with E-state index in [9.17, 15) is 0 Å². The van der Waals surface area contributed by atoms with Gasteiger partial charge in [0.15, 0.2) is 0 Å². The van der Waals surface area contributed by atoms with Crippen molar-refractivity contribution in [2.45, 2.75) is 12.5 Å². The monoisotopic (exact) mass is 112 g/mol. The van der Waals surface area contributed by atoms with Gasteiger partial charge in [-0.05, 0) is 6.42 Å². The second-order valence-corrected chi connectivity index (χ2v) is 2.52. The van der Waals surface area contributed by atoms with Crippen LogP contribution >= 0.6 is 0 Å². The summed E-state index contributed by atoms with van der Waals surface area (Å²) in [6, 6.07) is 0. The Morgan fingerprint density at radius 2 is 2.62 bits per heavy atom. The molecule has 0 amide bonds. The maximum Gasteiger partial charge on any atom is 0.0706 e. The third-order valence-corrected chi connectivity index (χ3v) is 1.79. The molecule has 2 rings (SSSR count). The van der Waals surface area contributed by atoms with E-state index in [0.717, 1.165) is 19.7 Å². The molecule has 45 valence electrons. The predicted octanol–water partition coefficient (Wildman–Crippen LogP) is -0.0470. The molecule has 2 saturated heterocycles. The van der Waals surface area contributed by atoms with Crippen LogP contribution in [0.25, 0.3) is 0 Å². The molecule has 1 atom stereocenters. The van der Waals surface area contributed by atoms with E-state index in [-0.39, 0.29) is 0 Å². The fourth-order valence-corrected chi connectivity index (χ4v) is 1.34. The lowest BCUT2D eigenvalue weighted by molar-refractivity contribution is 0.117. The number of nitrogens with one attached hydrogen (secondary N) is 1. The van der Waals surface area contributed by atoms with Gasteiger partial charge < -0.3 is 10.1 Å². The van der Waals surface area contributed by atoms with Gasteiger partial charge in [-0.15, -0.1) is 0 Å². The van der Waals surface area contributed by atoms with Crippen molar-refractivity contribution in [3.63, 3.8) is 0 Å². The van der Waals surface area contributed by atoms with Crippen molar-refractivity contribution in [2.75, 3.05) is 19.7 Å². The molecule has 8 heavy (non-hydrogen) atoms. The zero-order chi connectivity index (χ0) is 5.40. The molecule has 2 bridgehead atoms. The highest BCUT2D eigenvalue weighted by molar-refractivity contribution is 5.03. The Kier molecular flexibility index (Phi) is 1.02. The minimum atomic E-state index is 0.513. The molecule has 0 spiro atoms. The molecule has 1 N–H and O–H groups in total. The highest BCUT2D eigenvalue weighted by Crippen LogP contribution is 2.23. The van der Waals surface area contributed by atoms with Gasteiger partial charge in [-0.3, -0.25) is 0 Å². The number of ether oxygens (including phenoxy) is 1. The molecular weight excluding hydrogens is 102 g/mol. The average molecular weight is 112 g/mol. The second kappa shape index (κ2) is 1.71. The Balaban J connectivity index is 2.03. The molecule has 1 radical (unpaired) electrons. The molecule has 1 unspecified atom stereocenters. The van der Waals surface area contributed by atoms with Gasteiger partial charge in [0.2, 0.25) is 0 Å². The van der Waals surface area contributed by atoms with Crippen molar-refractivity contribution >= 4 is 0 Å². The summed E-state index contributed by atoms with van der Waals surface area (Å²) in [5.74, 6) is 1.54. The van der Waals surface area contributed by atoms with Crippen molar-refractivity contribution in [3.8, 4) is 0 Å². The number of fused-ring (bicyclic) bond motifs is 2. The molecule has 0 saturated carbocycles. The highest BCUT2D eigenvalue weighted by atomic mass is 16.5. The van der Waals surface area contributed by atoms with Crippen LogP contribution in [0.2, 0.25) is 0 Å². The number of hydrogen-bond donors (Lipinski definition) is 1. The van der Waals surface area contributed by atoms with E-state index in [4.69, 9.17) is 4.74 Å². The molecule has 0 aromatic heterocycles. The second-order valence-electron chi connectivity index (χ2n) is 2.52. The van der Waals surface area contributed by atoms with E-state index >= 15 is 0 Å². The molecular formula is C6H10NO. The maximum atomic E-state index is 5.38. The topological polar surface area (TPSA) is 21.3 Å². The van der Waals surface area contributed by atoms with Crippen molar-refractivity contribution in [3.05, 3.63) is 5.92 Å². The summed E-state index contributed by atoms with van der Waals surface area (Å²) in [4.78, 5) is 0. The van der Waals surface area contributed by atoms with Gasteiger partial charge in [-0.1, -0.05) is 0 Å². The third kappa shape index (κ3) is 0.644. The first-order chi connectivity index (χ1) is 3.95. The van der Waals surface area contributed by atoms with Gasteiger partial charge in [0.05, 0.1) is 12.7 Å². The van der Waals surface area contributed by atoms with Crippen LogP contribution in [0.15, 0.2) is 0 Å². The van der Waals surface area contributed by atoms with Crippen molar-refractivity contribution < 1.29 is 4.74 Å². The van der Waals surface area contributed by atoms with Gasteiger partial charge >= 0.3 is 0 Å². The van der Waals surface area contributed by atoms with Crippen molar-refractivity contribution in [2.24, 2.45) is 0 Å². The lowest BCUT2D eigenvalue weighted by Gasteiger charge is -2.15. The van der Waals surface area contributed by atoms with Gasteiger partial charge in [-0.25, -0.2) is 0 Å². The Hall–Kier alpha value is -0.0800. The molecule has 2 heteroatoms. The standard InChI is InChI=1S/C6H10NO/c1-5-2-7-3-6(1)8-4-5/h6-7H,1-4H2. The molecule has 0 aliphatic carbocycles. The molecule has 2 nitrogen and oxygen atoms in total. The van der Waals surface area contributed by atoms with E-state index < -0.39 is 0 Å². The highest BCUT2D eigenvalue weighted by Gasteiger charge is 2.29. The summed E-state index contributed by atoms with van der Waals surface area (Å²) < 4.78 is 5.38. The number of hydrogen-bond acceptors (Lipinski definition) is 2. The Morgan fingerprint density at radius 1 is 1.62 bits per heavy atom. The maximum absolute atomic E-state index is 5.38. The first-order valence-electron chi connectivity index (χ1n) is 3.11. The van der Waals surface area contributed by atoms with Gasteiger partial charge in [-0.2, -0.15) is 0 Å². The number of piperidine rings is 1. The summed E-state index contributed by atoms with van der Waals surface area (Å²) in [5.41, 5.74) is 0. The number of rotatable bonds is 0. The summed E-state index contributed by atoms with van der Waals surface area (Å²) in [6.45, 7) is 3.07. The average Bonchev–Trinajstić information content (AvgIpc) is 2.12. The van der Waals surface area contributed by atoms with Crippen molar-refractivity contribution in [1.82, 2.24) is 5.32 Å². The van der Waals surface area contributed by atoms with Crippen LogP contribution in [0.4, 0.5) is 0 Å². The van der Waals surface area contributed by atoms with Crippen LogP contribution < -0.4 is 5.32 Å². The van der Waals surface area contributed by atoms with Crippen LogP contribution in [-0.4, -0.2) is 25.8 Å². The van der Waals surface area contributed by atoms with E-state index in [1.165, 1.54) is 6.42 Å². The lowest BCUT2D eigenvalue weighted by Crippen LogP contribution is -2.33. The Bertz CT molecular complexity index is 80.5. The van der Waals surface area contributed by atoms with E-state index in [0.29, 0.717) is 6.10 Å². The van der Waals surface area contributed by atoms with Crippen LogP contribution in [-0.2, 0) is 4.74 Å². The molecule has 0 aromatic carbocycles. The van der Waals surface area contributed by atoms with Crippen LogP contribution in [0, 0.1) is 5.92 Å². The zero-order valence-corrected chi connectivity index (χ0v) is 4.81. The predicted molar refractivity (Wildman–Crippen MR) is 30.5 cm³/mol. The van der Waals surface area contributed by atoms with Crippen molar-refractivity contribution in [1.29, 1.82) is 0 Å². The third-order valence-electron chi connectivity index (χ3n) is 1.79. The van der Waals surface area contributed by atoms with E-state index in [2.05, 4.69) is 5.32 Å². The van der Waals surface area contributed by atoms with Crippen LogP contribution in [0.1, 0.15) is 6.42 Å². The molecule has 2 aliphatic heterocycles. The quantitative estimate of drug-likeness (QED) is 0.474.